The molecule has 0 atom stereocenters. The number of fused-ring (bicyclic) bond motifs is 1. The maximum Gasteiger partial charge on any atom is 0.511 e. The Kier molecular flexibility index (Phi) is 8.60. The van der Waals surface area contributed by atoms with Crippen LogP contribution in [-0.2, 0) is 21.8 Å². The fourth-order valence-corrected chi connectivity index (χ4v) is 4.37. The van der Waals surface area contributed by atoms with Crippen molar-refractivity contribution in [3.63, 3.8) is 0 Å². The van der Waals surface area contributed by atoms with Gasteiger partial charge in [0, 0.05) is 6.92 Å². The van der Waals surface area contributed by atoms with Crippen molar-refractivity contribution in [1.29, 1.82) is 0 Å². The highest BCUT2D eigenvalue weighted by Crippen LogP contribution is 2.42. The zero-order valence-electron chi connectivity index (χ0n) is 22.7. The van der Waals surface area contributed by atoms with E-state index in [1.54, 1.807) is 6.92 Å². The van der Waals surface area contributed by atoms with Gasteiger partial charge in [-0.2, -0.15) is 31.1 Å². The fraction of sp³-hybridized carbons (Fsp3) is 0.241. The Morgan fingerprint density at radius 3 is 1.98 bits per heavy atom. The summed E-state index contributed by atoms with van der Waals surface area (Å²) in [5.74, 6) is -1.18. The molecule has 1 heterocycles. The van der Waals surface area contributed by atoms with Gasteiger partial charge in [0.05, 0.1) is 41.9 Å². The van der Waals surface area contributed by atoms with Gasteiger partial charge < -0.3 is 24.2 Å². The minimum atomic E-state index is -5.03. The Labute approximate surface area is 239 Å². The van der Waals surface area contributed by atoms with Crippen molar-refractivity contribution in [3.05, 3.63) is 82.4 Å². The largest absolute Gasteiger partial charge is 0.618 e. The first-order valence-electron chi connectivity index (χ1n) is 12.4. The van der Waals surface area contributed by atoms with E-state index in [1.165, 1.54) is 38.3 Å². The lowest BCUT2D eigenvalue weighted by Crippen LogP contribution is -2.32. The van der Waals surface area contributed by atoms with Crippen LogP contribution in [0.2, 0.25) is 0 Å². The number of hydrogen-bond acceptors (Lipinski definition) is 6. The molecule has 3 aromatic carbocycles. The van der Waals surface area contributed by atoms with Crippen LogP contribution >= 0.6 is 0 Å². The summed E-state index contributed by atoms with van der Waals surface area (Å²) in [6.07, 6.45) is -11.1. The van der Waals surface area contributed by atoms with E-state index < -0.39 is 42.2 Å². The molecule has 0 radical (unpaired) electrons. The summed E-state index contributed by atoms with van der Waals surface area (Å²) in [5, 5.41) is 13.2. The molecule has 0 aliphatic rings. The number of hydrogen-bond donors (Lipinski definition) is 0. The predicted molar refractivity (Wildman–Crippen MR) is 139 cm³/mol. The number of ether oxygens (including phenoxy) is 4. The molecular weight excluding hydrogens is 591 g/mol. The average Bonchev–Trinajstić information content (AvgIpc) is 2.94. The minimum Gasteiger partial charge on any atom is -0.618 e. The van der Waals surface area contributed by atoms with Crippen LogP contribution in [0.1, 0.15) is 23.7 Å². The minimum absolute atomic E-state index is 0.0117. The molecule has 4 rings (SSSR count). The number of rotatable bonds is 7. The maximum atomic E-state index is 14.7. The third-order valence-corrected chi connectivity index (χ3v) is 6.36. The molecule has 0 saturated heterocycles. The number of halogens is 7. The molecule has 0 spiro atoms. The number of benzene rings is 3. The number of methoxy groups -OCH3 is 1. The number of alkyl halides is 6. The van der Waals surface area contributed by atoms with Crippen molar-refractivity contribution in [2.75, 3.05) is 20.5 Å². The van der Waals surface area contributed by atoms with Gasteiger partial charge in [-0.15, -0.1) is 0 Å². The van der Waals surface area contributed by atoms with Crippen molar-refractivity contribution in [1.82, 2.24) is 0 Å². The van der Waals surface area contributed by atoms with Gasteiger partial charge >= 0.3 is 18.5 Å². The van der Waals surface area contributed by atoms with Crippen molar-refractivity contribution in [3.8, 4) is 33.8 Å². The summed E-state index contributed by atoms with van der Waals surface area (Å²) in [6, 6.07) is 8.53. The van der Waals surface area contributed by atoms with Crippen LogP contribution in [-0.4, -0.2) is 26.7 Å². The highest BCUT2D eigenvalue weighted by molar-refractivity contribution is 5.92. The maximum absolute atomic E-state index is 14.7. The van der Waals surface area contributed by atoms with E-state index in [1.807, 2.05) is 0 Å². The second-order valence-electron chi connectivity index (χ2n) is 9.05. The van der Waals surface area contributed by atoms with Gasteiger partial charge in [-0.1, -0.05) is 24.3 Å². The second-order valence-corrected chi connectivity index (χ2v) is 9.05. The summed E-state index contributed by atoms with van der Waals surface area (Å²) >= 11 is 0. The first-order chi connectivity index (χ1) is 20.1. The number of carbonyl (C=O) groups excluding carboxylic acids is 1. The summed E-state index contributed by atoms with van der Waals surface area (Å²) in [6.45, 7) is 2.26. The lowest BCUT2D eigenvalue weighted by molar-refractivity contribution is -0.583. The standard InChI is InChI=1S/C29H22F7NO6/c1-4-41-27(38)43-14-42-26-21-12-22(30)24(40-3)13-23(21)37(39)15(2)25(26)17-7-5-16(6-8-17)18-9-19(28(31,32)33)11-20(10-18)29(34,35)36/h5-13H,4,14H2,1-3H3. The first-order valence-corrected chi connectivity index (χ1v) is 12.4. The zero-order valence-corrected chi connectivity index (χ0v) is 22.7. The first kappa shape index (κ1) is 31.2. The summed E-state index contributed by atoms with van der Waals surface area (Å²) < 4.78 is 116. The molecule has 0 amide bonds. The molecule has 1 aromatic heterocycles. The van der Waals surface area contributed by atoms with Crippen molar-refractivity contribution in [2.45, 2.75) is 26.2 Å². The van der Waals surface area contributed by atoms with Crippen LogP contribution in [0.5, 0.6) is 11.5 Å². The van der Waals surface area contributed by atoms with Crippen LogP contribution in [0.15, 0.2) is 54.6 Å². The lowest BCUT2D eigenvalue weighted by atomic mass is 9.95. The number of carbonyl (C=O) groups is 1. The molecule has 0 fully saturated rings. The van der Waals surface area contributed by atoms with Gasteiger partial charge in [-0.05, 0) is 47.9 Å². The van der Waals surface area contributed by atoms with Crippen LogP contribution in [0.4, 0.5) is 35.5 Å². The lowest BCUT2D eigenvalue weighted by Gasteiger charge is -2.18. The quantitative estimate of drug-likeness (QED) is 0.0696. The second kappa shape index (κ2) is 11.9. The van der Waals surface area contributed by atoms with Crippen molar-refractivity contribution < 1.29 is 59.2 Å². The monoisotopic (exact) mass is 613 g/mol. The van der Waals surface area contributed by atoms with Crippen LogP contribution in [0.25, 0.3) is 33.2 Å². The molecule has 0 aliphatic carbocycles. The van der Waals surface area contributed by atoms with Gasteiger partial charge in [0.2, 0.25) is 18.0 Å². The van der Waals surface area contributed by atoms with E-state index in [0.717, 1.165) is 12.1 Å². The summed E-state index contributed by atoms with van der Waals surface area (Å²) in [7, 11) is 1.20. The summed E-state index contributed by atoms with van der Waals surface area (Å²) in [4.78, 5) is 11.7. The summed E-state index contributed by atoms with van der Waals surface area (Å²) in [5.41, 5.74) is -3.01. The fourth-order valence-electron chi connectivity index (χ4n) is 4.37. The van der Waals surface area contributed by atoms with E-state index in [-0.39, 0.29) is 63.0 Å². The number of pyridine rings is 1. The van der Waals surface area contributed by atoms with Crippen molar-refractivity contribution in [2.24, 2.45) is 0 Å². The third-order valence-electron chi connectivity index (χ3n) is 6.36. The molecule has 7 nitrogen and oxygen atoms in total. The van der Waals surface area contributed by atoms with E-state index in [9.17, 15) is 40.7 Å². The highest BCUT2D eigenvalue weighted by atomic mass is 19.4. The molecule has 0 bridgehead atoms. The average molecular weight is 613 g/mol. The van der Waals surface area contributed by atoms with Crippen LogP contribution < -0.4 is 14.2 Å². The molecule has 228 valence electrons. The van der Waals surface area contributed by atoms with Gasteiger partial charge in [0.25, 0.3) is 0 Å². The van der Waals surface area contributed by atoms with E-state index >= 15 is 0 Å². The Balaban J connectivity index is 1.86. The van der Waals surface area contributed by atoms with Gasteiger partial charge in [0.15, 0.2) is 17.3 Å². The molecule has 0 N–H and O–H groups in total. The zero-order chi connectivity index (χ0) is 31.7. The van der Waals surface area contributed by atoms with Crippen LogP contribution in [0, 0.1) is 17.9 Å². The van der Waals surface area contributed by atoms with E-state index in [4.69, 9.17) is 14.2 Å². The Bertz CT molecular complexity index is 1640. The number of nitrogens with zero attached hydrogens (tertiary/aromatic N) is 1. The Morgan fingerprint density at radius 1 is 0.860 bits per heavy atom. The molecule has 0 saturated carbocycles. The molecule has 0 unspecified atom stereocenters. The van der Waals surface area contributed by atoms with Gasteiger partial charge in [0.1, 0.15) is 0 Å². The molecular formula is C29H22F7NO6. The molecule has 4 aromatic rings. The van der Waals surface area contributed by atoms with Crippen molar-refractivity contribution >= 4 is 17.1 Å². The molecule has 14 heteroatoms. The smallest absolute Gasteiger partial charge is 0.511 e. The topological polar surface area (TPSA) is 80.9 Å². The van der Waals surface area contributed by atoms with E-state index in [2.05, 4.69) is 4.74 Å². The predicted octanol–water partition coefficient (Wildman–Crippen LogP) is 7.81. The Morgan fingerprint density at radius 2 is 1.44 bits per heavy atom. The number of aromatic nitrogens is 1. The molecule has 0 aliphatic heterocycles. The SMILES string of the molecule is CCOC(=O)OCOc1c(-c2ccc(-c3cc(C(F)(F)F)cc(C(F)(F)F)c3)cc2)c(C)[n+]([O-])c2cc(OC)c(F)cc12. The Hall–Kier alpha value is -4.75. The normalized spacial score (nSPS) is 11.9. The van der Waals surface area contributed by atoms with E-state index in [0.29, 0.717) is 16.9 Å². The van der Waals surface area contributed by atoms with Gasteiger partial charge in [-0.25, -0.2) is 9.18 Å². The van der Waals surface area contributed by atoms with Gasteiger partial charge in [-0.3, -0.25) is 0 Å². The third kappa shape index (κ3) is 6.52. The molecule has 43 heavy (non-hydrogen) atoms. The van der Waals surface area contributed by atoms with Crippen LogP contribution in [0.3, 0.4) is 0 Å². The highest BCUT2D eigenvalue weighted by Gasteiger charge is 2.37.